The summed E-state index contributed by atoms with van der Waals surface area (Å²) in [6.07, 6.45) is 2.65. The van der Waals surface area contributed by atoms with Crippen LogP contribution in [0.3, 0.4) is 0 Å². The Hall–Kier alpha value is -1.97. The van der Waals surface area contributed by atoms with Gasteiger partial charge in [-0.1, -0.05) is 0 Å². The Bertz CT molecular complexity index is 423. The fraction of sp³-hybridized carbons (Fsp3) is 0.250. The Morgan fingerprint density at radius 1 is 1.25 bits per heavy atom. The quantitative estimate of drug-likeness (QED) is 0.471. The summed E-state index contributed by atoms with van der Waals surface area (Å²) in [5.74, 6) is 0.967. The van der Waals surface area contributed by atoms with E-state index in [4.69, 9.17) is 14.6 Å². The van der Waals surface area contributed by atoms with Crippen LogP contribution < -0.4 is 9.47 Å². The van der Waals surface area contributed by atoms with E-state index >= 15 is 0 Å². The molecule has 0 spiro atoms. The van der Waals surface area contributed by atoms with Crippen LogP contribution in [0.5, 0.6) is 11.5 Å². The molecule has 0 bridgehead atoms. The van der Waals surface area contributed by atoms with Gasteiger partial charge in [0.05, 0.1) is 19.5 Å². The van der Waals surface area contributed by atoms with Gasteiger partial charge in [-0.05, 0) is 18.2 Å². The number of carbonyl (C=O) groups is 1. The highest BCUT2D eigenvalue weighted by Crippen LogP contribution is 2.30. The van der Waals surface area contributed by atoms with Gasteiger partial charge in [0.25, 0.3) is 0 Å². The van der Waals surface area contributed by atoms with Crippen LogP contribution in [-0.4, -0.2) is 24.1 Å². The average molecular weight is 220 g/mol. The molecule has 4 nitrogen and oxygen atoms in total. The third kappa shape index (κ3) is 2.16. The van der Waals surface area contributed by atoms with Crippen molar-refractivity contribution in [3.8, 4) is 11.5 Å². The largest absolute Gasteiger partial charge is 0.515 e. The molecule has 1 aromatic carbocycles. The zero-order valence-corrected chi connectivity index (χ0v) is 8.68. The van der Waals surface area contributed by atoms with E-state index in [1.807, 2.05) is 0 Å². The highest BCUT2D eigenvalue weighted by molar-refractivity contribution is 6.04. The molecule has 4 heteroatoms. The second-order valence-electron chi connectivity index (χ2n) is 3.39. The van der Waals surface area contributed by atoms with Crippen molar-refractivity contribution in [1.82, 2.24) is 0 Å². The van der Waals surface area contributed by atoms with E-state index in [-0.39, 0.29) is 5.78 Å². The number of benzene rings is 1. The second kappa shape index (κ2) is 4.70. The van der Waals surface area contributed by atoms with Crippen LogP contribution in [0.1, 0.15) is 16.8 Å². The number of rotatable bonds is 2. The number of aliphatic hydroxyl groups excluding tert-OH is 1. The van der Waals surface area contributed by atoms with Crippen molar-refractivity contribution < 1.29 is 19.4 Å². The van der Waals surface area contributed by atoms with Crippen molar-refractivity contribution in [2.24, 2.45) is 0 Å². The molecule has 84 valence electrons. The summed E-state index contributed by atoms with van der Waals surface area (Å²) in [6, 6.07) is 4.98. The molecule has 1 aliphatic heterocycles. The van der Waals surface area contributed by atoms with E-state index in [1.54, 1.807) is 18.2 Å². The van der Waals surface area contributed by atoms with Crippen molar-refractivity contribution in [2.75, 3.05) is 13.2 Å². The molecule has 2 rings (SSSR count). The molecule has 0 amide bonds. The number of ketones is 1. The van der Waals surface area contributed by atoms with E-state index in [1.165, 1.54) is 0 Å². The van der Waals surface area contributed by atoms with Gasteiger partial charge < -0.3 is 14.6 Å². The third-order valence-electron chi connectivity index (χ3n) is 2.26. The minimum atomic E-state index is -0.266. The zero-order chi connectivity index (χ0) is 11.4. The highest BCUT2D eigenvalue weighted by atomic mass is 16.5. The molecule has 0 atom stereocenters. The second-order valence-corrected chi connectivity index (χ2v) is 3.39. The molecule has 1 aliphatic rings. The van der Waals surface area contributed by atoms with Gasteiger partial charge in [-0.2, -0.15) is 0 Å². The van der Waals surface area contributed by atoms with E-state index in [9.17, 15) is 4.79 Å². The zero-order valence-electron chi connectivity index (χ0n) is 8.68. The molecule has 1 aromatic rings. The lowest BCUT2D eigenvalue weighted by Crippen LogP contribution is -1.98. The Morgan fingerprint density at radius 2 is 2.00 bits per heavy atom. The van der Waals surface area contributed by atoms with Crippen molar-refractivity contribution in [3.05, 3.63) is 36.1 Å². The summed E-state index contributed by atoms with van der Waals surface area (Å²) in [5, 5.41) is 8.52. The average Bonchev–Trinajstić information content (AvgIpc) is 2.53. The monoisotopic (exact) mass is 220 g/mol. The van der Waals surface area contributed by atoms with Gasteiger partial charge in [0, 0.05) is 18.1 Å². The van der Waals surface area contributed by atoms with Crippen LogP contribution in [0.2, 0.25) is 0 Å². The van der Waals surface area contributed by atoms with E-state index < -0.39 is 0 Å². The van der Waals surface area contributed by atoms with Crippen LogP contribution in [0.25, 0.3) is 0 Å². The van der Waals surface area contributed by atoms with Crippen molar-refractivity contribution in [1.29, 1.82) is 0 Å². The molecule has 0 fully saturated rings. The van der Waals surface area contributed by atoms with E-state index in [0.717, 1.165) is 18.8 Å². The first-order valence-electron chi connectivity index (χ1n) is 5.06. The first-order chi connectivity index (χ1) is 7.81. The van der Waals surface area contributed by atoms with Gasteiger partial charge >= 0.3 is 0 Å². The van der Waals surface area contributed by atoms with Crippen LogP contribution in [0, 0.1) is 0 Å². The predicted octanol–water partition coefficient (Wildman–Crippen LogP) is 2.10. The summed E-state index contributed by atoms with van der Waals surface area (Å²) in [7, 11) is 0. The van der Waals surface area contributed by atoms with Gasteiger partial charge in [-0.15, -0.1) is 0 Å². The fourth-order valence-corrected chi connectivity index (χ4v) is 1.48. The van der Waals surface area contributed by atoms with Gasteiger partial charge in [-0.25, -0.2) is 0 Å². The van der Waals surface area contributed by atoms with Crippen molar-refractivity contribution in [3.63, 3.8) is 0 Å². The number of hydrogen-bond acceptors (Lipinski definition) is 4. The molecule has 0 saturated carbocycles. The lowest BCUT2D eigenvalue weighted by atomic mass is 10.1. The standard InChI is InChI=1S/C12H12O4/c13-5-4-10(14)9-2-3-11-12(8-9)16-7-1-6-15-11/h2-5,8,13H,1,6-7H2. The molecule has 1 heterocycles. The minimum absolute atomic E-state index is 0.266. The van der Waals surface area contributed by atoms with Gasteiger partial charge in [0.2, 0.25) is 0 Å². The van der Waals surface area contributed by atoms with Crippen molar-refractivity contribution in [2.45, 2.75) is 6.42 Å². The SMILES string of the molecule is O=C(C=CO)c1ccc2c(c1)OCCCO2. The topological polar surface area (TPSA) is 55.8 Å². The molecule has 0 aliphatic carbocycles. The van der Waals surface area contributed by atoms with Gasteiger partial charge in [-0.3, -0.25) is 4.79 Å². The Morgan fingerprint density at radius 3 is 2.75 bits per heavy atom. The Labute approximate surface area is 93.1 Å². The molecular formula is C12H12O4. The molecule has 0 radical (unpaired) electrons. The molecule has 1 N–H and O–H groups in total. The smallest absolute Gasteiger partial charge is 0.189 e. The number of ether oxygens (including phenoxy) is 2. The number of aliphatic hydroxyl groups is 1. The van der Waals surface area contributed by atoms with Crippen molar-refractivity contribution >= 4 is 5.78 Å². The normalized spacial score (nSPS) is 14.8. The maximum atomic E-state index is 11.5. The minimum Gasteiger partial charge on any atom is -0.515 e. The number of allylic oxidation sites excluding steroid dienone is 1. The summed E-state index contributed by atoms with van der Waals surface area (Å²) < 4.78 is 10.9. The summed E-state index contributed by atoms with van der Waals surface area (Å²) >= 11 is 0. The lowest BCUT2D eigenvalue weighted by Gasteiger charge is -2.07. The highest BCUT2D eigenvalue weighted by Gasteiger charge is 2.12. The van der Waals surface area contributed by atoms with E-state index in [0.29, 0.717) is 30.3 Å². The fourth-order valence-electron chi connectivity index (χ4n) is 1.48. The van der Waals surface area contributed by atoms with Crippen LogP contribution in [0.4, 0.5) is 0 Å². The number of fused-ring (bicyclic) bond motifs is 1. The molecule has 0 aromatic heterocycles. The molecule has 16 heavy (non-hydrogen) atoms. The number of carbonyl (C=O) groups excluding carboxylic acids is 1. The maximum Gasteiger partial charge on any atom is 0.189 e. The van der Waals surface area contributed by atoms with Gasteiger partial charge in [0.15, 0.2) is 17.3 Å². The number of hydrogen-bond donors (Lipinski definition) is 1. The molecule has 0 unspecified atom stereocenters. The van der Waals surface area contributed by atoms with Crippen LogP contribution in [-0.2, 0) is 0 Å². The molecular weight excluding hydrogens is 208 g/mol. The first-order valence-corrected chi connectivity index (χ1v) is 5.06. The van der Waals surface area contributed by atoms with Crippen LogP contribution >= 0.6 is 0 Å². The van der Waals surface area contributed by atoms with Gasteiger partial charge in [0.1, 0.15) is 0 Å². The Kier molecular flexibility index (Phi) is 3.10. The lowest BCUT2D eigenvalue weighted by molar-refractivity contribution is 0.104. The molecule has 0 saturated heterocycles. The van der Waals surface area contributed by atoms with Crippen LogP contribution in [0.15, 0.2) is 30.5 Å². The summed E-state index contributed by atoms with van der Waals surface area (Å²) in [4.78, 5) is 11.5. The Balaban J connectivity index is 2.30. The summed E-state index contributed by atoms with van der Waals surface area (Å²) in [6.45, 7) is 1.21. The third-order valence-corrected chi connectivity index (χ3v) is 2.26. The summed E-state index contributed by atoms with van der Waals surface area (Å²) in [5.41, 5.74) is 0.467. The maximum absolute atomic E-state index is 11.5. The van der Waals surface area contributed by atoms with E-state index in [2.05, 4.69) is 0 Å². The predicted molar refractivity (Wildman–Crippen MR) is 58.1 cm³/mol. The first kappa shape index (κ1) is 10.5.